The van der Waals surface area contributed by atoms with Crippen LogP contribution in [0.3, 0.4) is 0 Å². The topological polar surface area (TPSA) is 51.0 Å². The molecule has 2 heterocycles. The van der Waals surface area contributed by atoms with Gasteiger partial charge in [-0.25, -0.2) is 0 Å². The fourth-order valence-corrected chi connectivity index (χ4v) is 2.62. The first-order chi connectivity index (χ1) is 8.34. The summed E-state index contributed by atoms with van der Waals surface area (Å²) in [4.78, 5) is 3.24. The second-order valence-corrected chi connectivity index (χ2v) is 4.80. The van der Waals surface area contributed by atoms with Gasteiger partial charge in [-0.3, -0.25) is 0 Å². The van der Waals surface area contributed by atoms with Gasteiger partial charge in [0.2, 0.25) is 0 Å². The molecule has 1 aromatic carbocycles. The number of nitrogens with one attached hydrogen (secondary N) is 1. The second-order valence-electron chi connectivity index (χ2n) is 4.80. The van der Waals surface area contributed by atoms with Crippen LogP contribution < -0.4 is 5.73 Å². The summed E-state index contributed by atoms with van der Waals surface area (Å²) in [5.74, 6) is 0.552. The smallest absolute Gasteiger partial charge is 0.0469 e. The minimum atomic E-state index is 0.131. The van der Waals surface area contributed by atoms with Crippen molar-refractivity contribution >= 4 is 10.9 Å². The number of hydrogen-bond donors (Lipinski definition) is 2. The van der Waals surface area contributed by atoms with Gasteiger partial charge in [0, 0.05) is 31.0 Å². The SMILES string of the molecule is N[C@@H](c1ccc2cc[nH]c2c1)C1CCOCC1. The van der Waals surface area contributed by atoms with Crippen LogP contribution >= 0.6 is 0 Å². The van der Waals surface area contributed by atoms with Crippen molar-refractivity contribution in [3.63, 3.8) is 0 Å². The molecule has 1 saturated heterocycles. The lowest BCUT2D eigenvalue weighted by Gasteiger charge is -2.27. The van der Waals surface area contributed by atoms with E-state index in [0.29, 0.717) is 5.92 Å². The van der Waals surface area contributed by atoms with Crippen molar-refractivity contribution in [2.45, 2.75) is 18.9 Å². The van der Waals surface area contributed by atoms with Crippen LogP contribution in [0, 0.1) is 5.92 Å². The number of fused-ring (bicyclic) bond motifs is 1. The largest absolute Gasteiger partial charge is 0.381 e. The maximum absolute atomic E-state index is 6.36. The molecule has 3 rings (SSSR count). The van der Waals surface area contributed by atoms with E-state index < -0.39 is 0 Å². The molecular weight excluding hydrogens is 212 g/mol. The molecule has 2 aromatic rings. The molecule has 0 spiro atoms. The van der Waals surface area contributed by atoms with Crippen LogP contribution in [0.25, 0.3) is 10.9 Å². The Hall–Kier alpha value is -1.32. The first-order valence-corrected chi connectivity index (χ1v) is 6.25. The number of nitrogens with two attached hydrogens (primary N) is 1. The van der Waals surface area contributed by atoms with Gasteiger partial charge in [0.25, 0.3) is 0 Å². The van der Waals surface area contributed by atoms with E-state index in [2.05, 4.69) is 29.2 Å². The molecule has 0 saturated carbocycles. The maximum atomic E-state index is 6.36. The predicted molar refractivity (Wildman–Crippen MR) is 68.8 cm³/mol. The van der Waals surface area contributed by atoms with E-state index in [1.807, 2.05) is 6.20 Å². The lowest BCUT2D eigenvalue weighted by Crippen LogP contribution is -2.27. The summed E-state index contributed by atoms with van der Waals surface area (Å²) in [6, 6.07) is 8.68. The van der Waals surface area contributed by atoms with Crippen molar-refractivity contribution in [3.8, 4) is 0 Å². The molecule has 1 atom stereocenters. The molecule has 1 aromatic heterocycles. The lowest BCUT2D eigenvalue weighted by atomic mass is 9.87. The Kier molecular flexibility index (Phi) is 2.87. The van der Waals surface area contributed by atoms with Crippen LogP contribution in [-0.2, 0) is 4.74 Å². The monoisotopic (exact) mass is 230 g/mol. The number of rotatable bonds is 2. The molecule has 3 heteroatoms. The standard InChI is InChI=1S/C14H18N2O/c15-14(11-4-7-17-8-5-11)12-2-1-10-3-6-16-13(10)9-12/h1-3,6,9,11,14,16H,4-5,7-8,15H2/t14-/m1/s1. The van der Waals surface area contributed by atoms with Crippen molar-refractivity contribution < 1.29 is 4.74 Å². The van der Waals surface area contributed by atoms with E-state index in [0.717, 1.165) is 26.1 Å². The van der Waals surface area contributed by atoms with E-state index in [9.17, 15) is 0 Å². The van der Waals surface area contributed by atoms with Gasteiger partial charge >= 0.3 is 0 Å². The summed E-state index contributed by atoms with van der Waals surface area (Å²) in [5.41, 5.74) is 8.76. The highest BCUT2D eigenvalue weighted by Gasteiger charge is 2.22. The predicted octanol–water partition coefficient (Wildman–Crippen LogP) is 2.59. The summed E-state index contributed by atoms with van der Waals surface area (Å²) >= 11 is 0. The summed E-state index contributed by atoms with van der Waals surface area (Å²) in [5, 5.41) is 1.24. The van der Waals surface area contributed by atoms with Gasteiger partial charge in [0.1, 0.15) is 0 Å². The van der Waals surface area contributed by atoms with E-state index in [-0.39, 0.29) is 6.04 Å². The van der Waals surface area contributed by atoms with E-state index >= 15 is 0 Å². The zero-order chi connectivity index (χ0) is 11.7. The number of hydrogen-bond acceptors (Lipinski definition) is 2. The van der Waals surface area contributed by atoms with Gasteiger partial charge in [0.05, 0.1) is 0 Å². The number of H-pyrrole nitrogens is 1. The quantitative estimate of drug-likeness (QED) is 0.833. The second kappa shape index (κ2) is 4.51. The maximum Gasteiger partial charge on any atom is 0.0469 e. The first kappa shape index (κ1) is 10.8. The summed E-state index contributed by atoms with van der Waals surface area (Å²) in [6.07, 6.45) is 4.11. The highest BCUT2D eigenvalue weighted by molar-refractivity contribution is 5.79. The Balaban J connectivity index is 1.86. The Morgan fingerprint density at radius 2 is 2.06 bits per heavy atom. The van der Waals surface area contributed by atoms with E-state index in [1.165, 1.54) is 16.5 Å². The van der Waals surface area contributed by atoms with E-state index in [4.69, 9.17) is 10.5 Å². The molecule has 0 unspecified atom stereocenters. The fraction of sp³-hybridized carbons (Fsp3) is 0.429. The molecule has 17 heavy (non-hydrogen) atoms. The van der Waals surface area contributed by atoms with Crippen molar-refractivity contribution in [2.24, 2.45) is 11.7 Å². The third-order valence-electron chi connectivity index (χ3n) is 3.74. The van der Waals surface area contributed by atoms with Crippen molar-refractivity contribution in [1.29, 1.82) is 0 Å². The molecule has 1 fully saturated rings. The average molecular weight is 230 g/mol. The average Bonchev–Trinajstić information content (AvgIpc) is 2.86. The minimum absolute atomic E-state index is 0.131. The zero-order valence-corrected chi connectivity index (χ0v) is 9.86. The van der Waals surface area contributed by atoms with Gasteiger partial charge in [-0.1, -0.05) is 12.1 Å². The molecule has 0 radical (unpaired) electrons. The molecule has 3 N–H and O–H groups in total. The van der Waals surface area contributed by atoms with Crippen molar-refractivity contribution in [2.75, 3.05) is 13.2 Å². The van der Waals surface area contributed by atoms with Crippen LogP contribution in [0.5, 0.6) is 0 Å². The van der Waals surface area contributed by atoms with Gasteiger partial charge in [-0.2, -0.15) is 0 Å². The Bertz CT molecular complexity index is 500. The van der Waals surface area contributed by atoms with Crippen LogP contribution in [0.1, 0.15) is 24.4 Å². The molecule has 1 aliphatic heterocycles. The van der Waals surface area contributed by atoms with Crippen LogP contribution in [0.15, 0.2) is 30.5 Å². The molecule has 90 valence electrons. The third kappa shape index (κ3) is 2.08. The van der Waals surface area contributed by atoms with Gasteiger partial charge in [0.15, 0.2) is 0 Å². The number of benzene rings is 1. The Labute approximate surface area is 101 Å². The van der Waals surface area contributed by atoms with E-state index in [1.54, 1.807) is 0 Å². The molecule has 0 aliphatic carbocycles. The molecule has 0 amide bonds. The minimum Gasteiger partial charge on any atom is -0.381 e. The summed E-state index contributed by atoms with van der Waals surface area (Å²) < 4.78 is 5.38. The fourth-order valence-electron chi connectivity index (χ4n) is 2.62. The number of ether oxygens (including phenoxy) is 1. The molecule has 1 aliphatic rings. The van der Waals surface area contributed by atoms with Crippen molar-refractivity contribution in [3.05, 3.63) is 36.0 Å². The van der Waals surface area contributed by atoms with Crippen molar-refractivity contribution in [1.82, 2.24) is 4.98 Å². The van der Waals surface area contributed by atoms with Gasteiger partial charge < -0.3 is 15.5 Å². The van der Waals surface area contributed by atoms with Gasteiger partial charge in [-0.15, -0.1) is 0 Å². The zero-order valence-electron chi connectivity index (χ0n) is 9.86. The first-order valence-electron chi connectivity index (χ1n) is 6.25. The van der Waals surface area contributed by atoms with Crippen LogP contribution in [0.4, 0.5) is 0 Å². The molecule has 0 bridgehead atoms. The highest BCUT2D eigenvalue weighted by Crippen LogP contribution is 2.29. The van der Waals surface area contributed by atoms with Gasteiger partial charge in [-0.05, 0) is 41.8 Å². The summed E-state index contributed by atoms with van der Waals surface area (Å²) in [6.45, 7) is 1.70. The highest BCUT2D eigenvalue weighted by atomic mass is 16.5. The molecular formula is C14H18N2O. The van der Waals surface area contributed by atoms with Crippen LogP contribution in [-0.4, -0.2) is 18.2 Å². The Morgan fingerprint density at radius 3 is 2.88 bits per heavy atom. The molecule has 3 nitrogen and oxygen atoms in total. The number of aromatic amines is 1. The third-order valence-corrected chi connectivity index (χ3v) is 3.74. The lowest BCUT2D eigenvalue weighted by molar-refractivity contribution is 0.0584. The normalized spacial score (nSPS) is 19.6. The Morgan fingerprint density at radius 1 is 1.24 bits per heavy atom. The summed E-state index contributed by atoms with van der Waals surface area (Å²) in [7, 11) is 0. The number of aromatic nitrogens is 1. The van der Waals surface area contributed by atoms with Crippen LogP contribution in [0.2, 0.25) is 0 Å².